The molecule has 0 aliphatic carbocycles. The highest BCUT2D eigenvalue weighted by Crippen LogP contribution is 2.27. The Morgan fingerprint density at radius 2 is 0.884 bits per heavy atom. The zero-order chi connectivity index (χ0) is 31.3. The number of rotatable bonds is 8. The Kier molecular flexibility index (Phi) is 9.19. The van der Waals surface area contributed by atoms with E-state index in [1.807, 2.05) is 0 Å². The molecule has 0 aromatic heterocycles. The number of carbonyl (C=O) groups excluding carboxylic acids is 4. The summed E-state index contributed by atoms with van der Waals surface area (Å²) in [6, 6.07) is 18.4. The molecule has 0 heterocycles. The number of aromatic carboxylic acids is 2. The quantitative estimate of drug-likeness (QED) is 0.138. The predicted molar refractivity (Wildman–Crippen MR) is 155 cm³/mol. The fourth-order valence-corrected chi connectivity index (χ4v) is 4.14. The average Bonchev–Trinajstić information content (AvgIpc) is 2.97. The fraction of sp³-hybridized carbons (Fsp3) is 0. The van der Waals surface area contributed by atoms with E-state index < -0.39 is 57.9 Å². The van der Waals surface area contributed by atoms with Crippen LogP contribution in [-0.2, 0) is 4.74 Å². The van der Waals surface area contributed by atoms with E-state index >= 15 is 0 Å². The van der Waals surface area contributed by atoms with E-state index in [1.165, 1.54) is 72.8 Å². The molecule has 2 amide bonds. The van der Waals surface area contributed by atoms with Gasteiger partial charge in [-0.05, 0) is 72.8 Å². The third-order valence-corrected chi connectivity index (χ3v) is 6.40. The van der Waals surface area contributed by atoms with Gasteiger partial charge in [0.15, 0.2) is 0 Å². The third-order valence-electron chi connectivity index (χ3n) is 5.89. The summed E-state index contributed by atoms with van der Waals surface area (Å²) in [5.74, 6) is -7.65. The van der Waals surface area contributed by atoms with Gasteiger partial charge in [0.1, 0.15) is 0 Å². The van der Waals surface area contributed by atoms with Crippen molar-refractivity contribution in [2.75, 3.05) is 10.6 Å². The van der Waals surface area contributed by atoms with Crippen molar-refractivity contribution < 1.29 is 43.7 Å². The number of hydrogen-bond acceptors (Lipinski definition) is 7. The normalized spacial score (nSPS) is 10.4. The topological polar surface area (TPSA) is 176 Å². The van der Waals surface area contributed by atoms with Gasteiger partial charge < -0.3 is 25.6 Å². The molecule has 216 valence electrons. The monoisotopic (exact) mass is 620 g/mol. The van der Waals surface area contributed by atoms with Gasteiger partial charge in [-0.2, -0.15) is 0 Å². The van der Waals surface area contributed by atoms with E-state index in [0.717, 1.165) is 12.1 Å². The number of esters is 2. The molecule has 0 aliphatic rings. The zero-order valence-electron chi connectivity index (χ0n) is 21.6. The summed E-state index contributed by atoms with van der Waals surface area (Å²) in [4.78, 5) is 76.1. The Hall–Kier alpha value is -5.52. The number of carboxylic acids is 2. The molecule has 43 heavy (non-hydrogen) atoms. The number of nitrogens with one attached hydrogen (secondary N) is 2. The standard InChI is InChI=1S/C30H18Cl2N2O9/c31-17-11-7-15(8-12-17)25(35)33-21-5-1-3-19(27(37)38)23(21)29(41)43-30(42)24-20(28(39)40)4-2-6-22(24)34-26(36)16-9-13-18(32)14-10-16/h1-14H,(H,33,35)(H,34,36)(H,37,38)(H,39,40). The van der Waals surface area contributed by atoms with Crippen molar-refractivity contribution >= 4 is 70.3 Å². The van der Waals surface area contributed by atoms with Crippen LogP contribution in [0, 0.1) is 0 Å². The van der Waals surface area contributed by atoms with Crippen molar-refractivity contribution in [1.82, 2.24) is 0 Å². The molecule has 4 aromatic carbocycles. The molecule has 0 aliphatic heterocycles. The van der Waals surface area contributed by atoms with Crippen LogP contribution >= 0.6 is 23.2 Å². The summed E-state index contributed by atoms with van der Waals surface area (Å²) in [6.45, 7) is 0. The fourth-order valence-electron chi connectivity index (χ4n) is 3.89. The molecule has 11 nitrogen and oxygen atoms in total. The van der Waals surface area contributed by atoms with Crippen molar-refractivity contribution in [2.45, 2.75) is 0 Å². The highest BCUT2D eigenvalue weighted by atomic mass is 35.5. The maximum Gasteiger partial charge on any atom is 0.349 e. The van der Waals surface area contributed by atoms with Crippen molar-refractivity contribution in [1.29, 1.82) is 0 Å². The molecule has 0 unspecified atom stereocenters. The van der Waals surface area contributed by atoms with E-state index in [4.69, 9.17) is 27.9 Å². The molecule has 0 radical (unpaired) electrons. The van der Waals surface area contributed by atoms with Gasteiger partial charge in [-0.1, -0.05) is 35.3 Å². The minimum absolute atomic E-state index is 0.122. The number of ether oxygens (including phenoxy) is 1. The lowest BCUT2D eigenvalue weighted by Crippen LogP contribution is -2.23. The molecule has 0 atom stereocenters. The molecule has 0 saturated carbocycles. The highest BCUT2D eigenvalue weighted by Gasteiger charge is 2.29. The van der Waals surface area contributed by atoms with Crippen molar-refractivity contribution in [3.8, 4) is 0 Å². The van der Waals surface area contributed by atoms with Crippen LogP contribution in [0.3, 0.4) is 0 Å². The van der Waals surface area contributed by atoms with Crippen LogP contribution in [0.25, 0.3) is 0 Å². The largest absolute Gasteiger partial charge is 0.478 e. The Morgan fingerprint density at radius 3 is 1.21 bits per heavy atom. The summed E-state index contributed by atoms with van der Waals surface area (Å²) in [7, 11) is 0. The minimum Gasteiger partial charge on any atom is -0.478 e. The van der Waals surface area contributed by atoms with Gasteiger partial charge in [0.2, 0.25) is 0 Å². The molecular weight excluding hydrogens is 603 g/mol. The molecule has 0 bridgehead atoms. The van der Waals surface area contributed by atoms with E-state index in [0.29, 0.717) is 10.0 Å². The molecule has 13 heteroatoms. The van der Waals surface area contributed by atoms with Crippen LogP contribution < -0.4 is 10.6 Å². The molecular formula is C30H18Cl2N2O9. The lowest BCUT2D eigenvalue weighted by atomic mass is 10.0. The van der Waals surface area contributed by atoms with Gasteiger partial charge in [0.25, 0.3) is 11.8 Å². The summed E-state index contributed by atoms with van der Waals surface area (Å²) >= 11 is 11.7. The predicted octanol–water partition coefficient (Wildman–Crippen LogP) is 5.89. The number of benzene rings is 4. The number of hydrogen-bond donors (Lipinski definition) is 4. The summed E-state index contributed by atoms with van der Waals surface area (Å²) in [5, 5.41) is 24.9. The van der Waals surface area contributed by atoms with Crippen LogP contribution in [0.15, 0.2) is 84.9 Å². The van der Waals surface area contributed by atoms with Crippen LogP contribution in [-0.4, -0.2) is 45.9 Å². The SMILES string of the molecule is O=C(Nc1cccc(C(=O)O)c1C(=O)OC(=O)c1c(NC(=O)c2ccc(Cl)cc2)cccc1C(=O)O)c1ccc(Cl)cc1. The van der Waals surface area contributed by atoms with Gasteiger partial charge >= 0.3 is 23.9 Å². The van der Waals surface area contributed by atoms with E-state index in [1.54, 1.807) is 0 Å². The number of amides is 2. The summed E-state index contributed by atoms with van der Waals surface area (Å²) in [6.07, 6.45) is 0. The first-order valence-electron chi connectivity index (χ1n) is 12.1. The lowest BCUT2D eigenvalue weighted by molar-refractivity contribution is 0.0388. The van der Waals surface area contributed by atoms with Gasteiger partial charge in [0, 0.05) is 21.2 Å². The van der Waals surface area contributed by atoms with Crippen LogP contribution in [0.5, 0.6) is 0 Å². The van der Waals surface area contributed by atoms with E-state index in [-0.39, 0.29) is 22.5 Å². The molecule has 0 fully saturated rings. The second-order valence-electron chi connectivity index (χ2n) is 8.67. The Labute approximate surface area is 252 Å². The summed E-state index contributed by atoms with van der Waals surface area (Å²) < 4.78 is 4.95. The molecule has 4 N–H and O–H groups in total. The van der Waals surface area contributed by atoms with Gasteiger partial charge in [0.05, 0.1) is 33.6 Å². The van der Waals surface area contributed by atoms with E-state index in [9.17, 15) is 39.0 Å². The molecule has 4 aromatic rings. The second kappa shape index (κ2) is 13.0. The summed E-state index contributed by atoms with van der Waals surface area (Å²) in [5.41, 5.74) is -2.98. The smallest absolute Gasteiger partial charge is 0.349 e. The minimum atomic E-state index is -1.58. The lowest BCUT2D eigenvalue weighted by Gasteiger charge is -2.15. The Balaban J connectivity index is 1.69. The van der Waals surface area contributed by atoms with Crippen LogP contribution in [0.2, 0.25) is 10.0 Å². The van der Waals surface area contributed by atoms with E-state index in [2.05, 4.69) is 10.6 Å². The Bertz CT molecular complexity index is 1660. The zero-order valence-corrected chi connectivity index (χ0v) is 23.1. The van der Waals surface area contributed by atoms with Gasteiger partial charge in [-0.25, -0.2) is 19.2 Å². The first-order valence-corrected chi connectivity index (χ1v) is 12.8. The Morgan fingerprint density at radius 1 is 0.535 bits per heavy atom. The number of halogens is 2. The van der Waals surface area contributed by atoms with Crippen LogP contribution in [0.1, 0.15) is 62.1 Å². The average molecular weight is 621 g/mol. The first kappa shape index (κ1) is 30.4. The van der Waals surface area contributed by atoms with Gasteiger partial charge in [-0.3, -0.25) is 9.59 Å². The molecule has 0 saturated heterocycles. The number of carbonyl (C=O) groups is 6. The maximum absolute atomic E-state index is 13.3. The first-order chi connectivity index (χ1) is 20.5. The van der Waals surface area contributed by atoms with Gasteiger partial charge in [-0.15, -0.1) is 0 Å². The maximum atomic E-state index is 13.3. The number of anilines is 2. The molecule has 0 spiro atoms. The van der Waals surface area contributed by atoms with Crippen molar-refractivity contribution in [2.24, 2.45) is 0 Å². The number of carboxylic acid groups (broad SMARTS) is 2. The van der Waals surface area contributed by atoms with Crippen LogP contribution in [0.4, 0.5) is 11.4 Å². The van der Waals surface area contributed by atoms with Crippen molar-refractivity contribution in [3.05, 3.63) is 128 Å². The highest BCUT2D eigenvalue weighted by molar-refractivity contribution is 6.31. The molecule has 4 rings (SSSR count). The third kappa shape index (κ3) is 7.04. The van der Waals surface area contributed by atoms with Crippen molar-refractivity contribution in [3.63, 3.8) is 0 Å². The second-order valence-corrected chi connectivity index (χ2v) is 9.54.